The van der Waals surface area contributed by atoms with E-state index in [-0.39, 0.29) is 10.8 Å². The van der Waals surface area contributed by atoms with Gasteiger partial charge in [0.1, 0.15) is 9.71 Å². The summed E-state index contributed by atoms with van der Waals surface area (Å²) in [5, 5.41) is 6.90. The van der Waals surface area contributed by atoms with Crippen LogP contribution in [0.4, 0.5) is 11.6 Å². The summed E-state index contributed by atoms with van der Waals surface area (Å²) in [7, 11) is 0. The number of thiophene rings is 1. The van der Waals surface area contributed by atoms with Gasteiger partial charge in [-0.15, -0.1) is 11.3 Å². The first-order valence-electron chi connectivity index (χ1n) is 7.87. The highest BCUT2D eigenvalue weighted by Gasteiger charge is 2.25. The van der Waals surface area contributed by atoms with Crippen molar-refractivity contribution in [2.75, 3.05) is 11.1 Å². The van der Waals surface area contributed by atoms with Crippen LogP contribution in [0, 0.1) is 20.8 Å². The lowest BCUT2D eigenvalue weighted by Crippen LogP contribution is -2.29. The van der Waals surface area contributed by atoms with Crippen LogP contribution in [0.5, 0.6) is 0 Å². The number of nitrogens with one attached hydrogen (secondary N) is 1. The van der Waals surface area contributed by atoms with Crippen molar-refractivity contribution in [1.82, 2.24) is 10.1 Å². The maximum absolute atomic E-state index is 12.5. The van der Waals surface area contributed by atoms with Gasteiger partial charge >= 0.3 is 5.97 Å². The molecule has 1 amide bonds. The molecule has 0 aliphatic carbocycles. The summed E-state index contributed by atoms with van der Waals surface area (Å²) in [6, 6.07) is 3.46. The molecule has 3 aromatic rings. The summed E-state index contributed by atoms with van der Waals surface area (Å²) in [6.45, 7) is 6.97. The van der Waals surface area contributed by atoms with E-state index in [1.54, 1.807) is 13.0 Å². The quantitative estimate of drug-likeness (QED) is 0.673. The van der Waals surface area contributed by atoms with Crippen LogP contribution in [0.2, 0.25) is 0 Å². The van der Waals surface area contributed by atoms with Gasteiger partial charge in [-0.05, 0) is 39.3 Å². The second-order valence-electron chi connectivity index (χ2n) is 5.97. The predicted molar refractivity (Wildman–Crippen MR) is 98.3 cm³/mol. The third kappa shape index (κ3) is 3.38. The fourth-order valence-electron chi connectivity index (χ4n) is 2.53. The normalized spacial score (nSPS) is 12.2. The van der Waals surface area contributed by atoms with Crippen LogP contribution in [-0.4, -0.2) is 28.1 Å². The Kier molecular flexibility index (Phi) is 4.64. The molecule has 1 atom stereocenters. The molecule has 136 valence electrons. The average molecular weight is 374 g/mol. The molecule has 9 heteroatoms. The number of amides is 1. The lowest BCUT2D eigenvalue weighted by molar-refractivity contribution is -0.123. The standard InChI is InChI=1S/C17H18N4O4S/c1-7-5-8(2)19-16-12(7)13(18)14(26-16)17(23)24-10(4)15(22)20-11-6-9(3)21-25-11/h5-6,10H,18H2,1-4H3,(H,20,22). The van der Waals surface area contributed by atoms with Crippen molar-refractivity contribution in [1.29, 1.82) is 0 Å². The Labute approximate surface area is 153 Å². The van der Waals surface area contributed by atoms with E-state index in [4.69, 9.17) is 15.0 Å². The number of carbonyl (C=O) groups excluding carboxylic acids is 2. The Morgan fingerprint density at radius 2 is 2.00 bits per heavy atom. The molecule has 3 heterocycles. The molecule has 0 aliphatic heterocycles. The van der Waals surface area contributed by atoms with E-state index in [2.05, 4.69) is 15.5 Å². The number of carbonyl (C=O) groups is 2. The SMILES string of the molecule is Cc1cc(NC(=O)C(C)OC(=O)c2sc3nc(C)cc(C)c3c2N)on1. The molecule has 0 saturated carbocycles. The first-order valence-corrected chi connectivity index (χ1v) is 8.69. The zero-order chi connectivity index (χ0) is 19.0. The lowest BCUT2D eigenvalue weighted by Gasteiger charge is -2.11. The zero-order valence-electron chi connectivity index (χ0n) is 14.7. The molecule has 0 spiro atoms. The third-order valence-electron chi connectivity index (χ3n) is 3.74. The van der Waals surface area contributed by atoms with Crippen LogP contribution in [-0.2, 0) is 9.53 Å². The number of nitrogens with zero attached hydrogens (tertiary/aromatic N) is 2. The number of pyridine rings is 1. The molecule has 3 N–H and O–H groups in total. The fraction of sp³-hybridized carbons (Fsp3) is 0.294. The van der Waals surface area contributed by atoms with E-state index in [9.17, 15) is 9.59 Å². The second-order valence-corrected chi connectivity index (χ2v) is 6.97. The van der Waals surface area contributed by atoms with Gasteiger partial charge in [-0.1, -0.05) is 5.16 Å². The highest BCUT2D eigenvalue weighted by Crippen LogP contribution is 2.35. The Morgan fingerprint density at radius 3 is 2.65 bits per heavy atom. The maximum atomic E-state index is 12.5. The third-order valence-corrected chi connectivity index (χ3v) is 4.82. The lowest BCUT2D eigenvalue weighted by atomic mass is 10.1. The predicted octanol–water partition coefficient (Wildman–Crippen LogP) is 2.98. The molecule has 26 heavy (non-hydrogen) atoms. The Hall–Kier alpha value is -2.94. The summed E-state index contributed by atoms with van der Waals surface area (Å²) in [5.74, 6) is -1.01. The number of hydrogen-bond donors (Lipinski definition) is 2. The average Bonchev–Trinajstić information content (AvgIpc) is 3.10. The molecule has 0 fully saturated rings. The topological polar surface area (TPSA) is 120 Å². The number of nitrogen functional groups attached to an aromatic ring is 1. The molecule has 8 nitrogen and oxygen atoms in total. The largest absolute Gasteiger partial charge is 0.448 e. The number of ether oxygens (including phenoxy) is 1. The number of aryl methyl sites for hydroxylation is 3. The van der Waals surface area contributed by atoms with E-state index < -0.39 is 18.0 Å². The van der Waals surface area contributed by atoms with E-state index >= 15 is 0 Å². The van der Waals surface area contributed by atoms with Gasteiger partial charge in [0.25, 0.3) is 5.91 Å². The van der Waals surface area contributed by atoms with Crippen LogP contribution in [0.25, 0.3) is 10.2 Å². The number of fused-ring (bicyclic) bond motifs is 1. The van der Waals surface area contributed by atoms with Gasteiger partial charge in [-0.2, -0.15) is 0 Å². The number of rotatable bonds is 4. The van der Waals surface area contributed by atoms with Crippen molar-refractivity contribution in [3.05, 3.63) is 34.0 Å². The molecule has 0 radical (unpaired) electrons. The van der Waals surface area contributed by atoms with Crippen molar-refractivity contribution in [2.24, 2.45) is 0 Å². The monoisotopic (exact) mass is 374 g/mol. The van der Waals surface area contributed by atoms with Gasteiger partial charge in [0.15, 0.2) is 6.10 Å². The molecule has 1 unspecified atom stereocenters. The Balaban J connectivity index is 1.77. The van der Waals surface area contributed by atoms with Gasteiger partial charge in [0.2, 0.25) is 5.88 Å². The van der Waals surface area contributed by atoms with Crippen molar-refractivity contribution in [2.45, 2.75) is 33.8 Å². The summed E-state index contributed by atoms with van der Waals surface area (Å²) in [6.07, 6.45) is -1.03. The van der Waals surface area contributed by atoms with E-state index in [0.717, 1.165) is 28.0 Å². The maximum Gasteiger partial charge on any atom is 0.351 e. The molecule has 0 aliphatic rings. The van der Waals surface area contributed by atoms with Gasteiger partial charge in [0, 0.05) is 17.1 Å². The Bertz CT molecular complexity index is 1010. The summed E-state index contributed by atoms with van der Waals surface area (Å²) in [4.78, 5) is 29.9. The number of anilines is 2. The second kappa shape index (κ2) is 6.75. The summed E-state index contributed by atoms with van der Waals surface area (Å²) < 4.78 is 10.2. The van der Waals surface area contributed by atoms with Gasteiger partial charge in [-0.3, -0.25) is 10.1 Å². The summed E-state index contributed by atoms with van der Waals surface area (Å²) >= 11 is 1.15. The van der Waals surface area contributed by atoms with E-state index in [1.807, 2.05) is 19.9 Å². The molecular weight excluding hydrogens is 356 g/mol. The van der Waals surface area contributed by atoms with Gasteiger partial charge in [-0.25, -0.2) is 9.78 Å². The van der Waals surface area contributed by atoms with Crippen LogP contribution in [0.3, 0.4) is 0 Å². The highest BCUT2D eigenvalue weighted by molar-refractivity contribution is 7.21. The van der Waals surface area contributed by atoms with Crippen molar-refractivity contribution < 1.29 is 18.8 Å². The Morgan fingerprint density at radius 1 is 1.27 bits per heavy atom. The highest BCUT2D eigenvalue weighted by atomic mass is 32.1. The number of nitrogens with two attached hydrogens (primary N) is 1. The zero-order valence-corrected chi connectivity index (χ0v) is 15.6. The smallest absolute Gasteiger partial charge is 0.351 e. The molecular formula is C17H18N4O4S. The molecule has 0 saturated heterocycles. The first kappa shape index (κ1) is 17.9. The summed E-state index contributed by atoms with van der Waals surface area (Å²) in [5.41, 5.74) is 8.83. The number of hydrogen-bond acceptors (Lipinski definition) is 8. The molecule has 0 bridgehead atoms. The van der Waals surface area contributed by atoms with E-state index in [0.29, 0.717) is 16.2 Å². The van der Waals surface area contributed by atoms with Crippen molar-refractivity contribution in [3.8, 4) is 0 Å². The van der Waals surface area contributed by atoms with E-state index in [1.165, 1.54) is 6.92 Å². The van der Waals surface area contributed by atoms with Crippen LogP contribution >= 0.6 is 11.3 Å². The van der Waals surface area contributed by atoms with Gasteiger partial charge in [0.05, 0.1) is 11.4 Å². The molecule has 3 rings (SSSR count). The van der Waals surface area contributed by atoms with Crippen LogP contribution in [0.1, 0.15) is 33.5 Å². The first-order chi connectivity index (χ1) is 12.3. The van der Waals surface area contributed by atoms with Crippen LogP contribution < -0.4 is 11.1 Å². The van der Waals surface area contributed by atoms with Crippen molar-refractivity contribution >= 4 is 45.0 Å². The minimum atomic E-state index is -1.03. The minimum Gasteiger partial charge on any atom is -0.448 e. The van der Waals surface area contributed by atoms with Gasteiger partial charge < -0.3 is 15.0 Å². The van der Waals surface area contributed by atoms with Crippen molar-refractivity contribution in [3.63, 3.8) is 0 Å². The number of aromatic nitrogens is 2. The molecule has 0 aromatic carbocycles. The minimum absolute atomic E-state index is 0.187. The fourth-order valence-corrected chi connectivity index (χ4v) is 3.63. The molecule has 3 aromatic heterocycles. The van der Waals surface area contributed by atoms with Crippen LogP contribution in [0.15, 0.2) is 16.7 Å². The number of esters is 1.